The molecule has 108 valence electrons. The number of benzene rings is 1. The van der Waals surface area contributed by atoms with Gasteiger partial charge in [-0.2, -0.15) is 0 Å². The summed E-state index contributed by atoms with van der Waals surface area (Å²) in [6.07, 6.45) is 0.668. The van der Waals surface area contributed by atoms with Crippen molar-refractivity contribution in [2.24, 2.45) is 0 Å². The van der Waals surface area contributed by atoms with Crippen LogP contribution in [0, 0.1) is 0 Å². The topological polar surface area (TPSA) is 66.4 Å². The van der Waals surface area contributed by atoms with Crippen molar-refractivity contribution in [3.8, 4) is 0 Å². The van der Waals surface area contributed by atoms with Crippen molar-refractivity contribution in [2.45, 2.75) is 30.2 Å². The van der Waals surface area contributed by atoms with Gasteiger partial charge in [-0.25, -0.2) is 13.1 Å². The molecule has 0 fully saturated rings. The SMILES string of the molecule is CCC(NS(=O)(=O)c1ccc(CO)s1)c1ccccc1. The summed E-state index contributed by atoms with van der Waals surface area (Å²) >= 11 is 1.09. The number of aliphatic hydroxyl groups excluding tert-OH is 1. The first-order valence-corrected chi connectivity index (χ1v) is 8.63. The Hall–Kier alpha value is -1.21. The van der Waals surface area contributed by atoms with Gasteiger partial charge in [-0.05, 0) is 24.1 Å². The molecule has 0 aliphatic heterocycles. The summed E-state index contributed by atoms with van der Waals surface area (Å²) in [4.78, 5) is 0.637. The van der Waals surface area contributed by atoms with Crippen molar-refractivity contribution in [1.29, 1.82) is 0 Å². The molecule has 0 saturated carbocycles. The van der Waals surface area contributed by atoms with E-state index in [1.54, 1.807) is 6.07 Å². The number of rotatable bonds is 6. The van der Waals surface area contributed by atoms with Crippen LogP contribution in [0.2, 0.25) is 0 Å². The average molecular weight is 311 g/mol. The lowest BCUT2D eigenvalue weighted by atomic mass is 10.1. The third kappa shape index (κ3) is 3.46. The highest BCUT2D eigenvalue weighted by atomic mass is 32.2. The van der Waals surface area contributed by atoms with Gasteiger partial charge in [0.05, 0.1) is 6.61 Å². The minimum atomic E-state index is -3.55. The number of thiophene rings is 1. The summed E-state index contributed by atoms with van der Waals surface area (Å²) in [5, 5.41) is 9.02. The first-order chi connectivity index (χ1) is 9.56. The van der Waals surface area contributed by atoms with Gasteiger partial charge in [0, 0.05) is 10.9 Å². The zero-order valence-electron chi connectivity index (χ0n) is 11.1. The highest BCUT2D eigenvalue weighted by molar-refractivity contribution is 7.91. The van der Waals surface area contributed by atoms with Crippen LogP contribution in [0.25, 0.3) is 0 Å². The second-order valence-corrected chi connectivity index (χ2v) is 7.48. The smallest absolute Gasteiger partial charge is 0.250 e. The van der Waals surface area contributed by atoms with Gasteiger partial charge >= 0.3 is 0 Å². The quantitative estimate of drug-likeness (QED) is 0.862. The van der Waals surface area contributed by atoms with Crippen LogP contribution in [-0.2, 0) is 16.6 Å². The van der Waals surface area contributed by atoms with Crippen LogP contribution in [0.5, 0.6) is 0 Å². The Bertz CT molecular complexity index is 650. The number of hydrogen-bond acceptors (Lipinski definition) is 4. The van der Waals surface area contributed by atoms with E-state index in [0.717, 1.165) is 16.9 Å². The summed E-state index contributed by atoms with van der Waals surface area (Å²) in [6, 6.07) is 12.4. The highest BCUT2D eigenvalue weighted by Gasteiger charge is 2.21. The van der Waals surface area contributed by atoms with Gasteiger partial charge in [-0.3, -0.25) is 0 Å². The molecule has 1 heterocycles. The zero-order chi connectivity index (χ0) is 14.6. The number of aliphatic hydroxyl groups is 1. The Morgan fingerprint density at radius 2 is 1.90 bits per heavy atom. The maximum absolute atomic E-state index is 12.3. The van der Waals surface area contributed by atoms with Crippen LogP contribution >= 0.6 is 11.3 Å². The molecule has 0 bridgehead atoms. The minimum Gasteiger partial charge on any atom is -0.391 e. The average Bonchev–Trinajstić information content (AvgIpc) is 2.95. The molecule has 0 radical (unpaired) electrons. The molecular weight excluding hydrogens is 294 g/mol. The van der Waals surface area contributed by atoms with Crippen LogP contribution < -0.4 is 4.72 Å². The summed E-state index contributed by atoms with van der Waals surface area (Å²) in [5.74, 6) is 0. The van der Waals surface area contributed by atoms with Crippen LogP contribution in [0.3, 0.4) is 0 Å². The lowest BCUT2D eigenvalue weighted by Crippen LogP contribution is -2.27. The van der Waals surface area contributed by atoms with Crippen LogP contribution in [0.15, 0.2) is 46.7 Å². The maximum Gasteiger partial charge on any atom is 0.250 e. The molecule has 0 amide bonds. The summed E-state index contributed by atoms with van der Waals surface area (Å²) in [6.45, 7) is 1.80. The van der Waals surface area contributed by atoms with Crippen molar-refractivity contribution >= 4 is 21.4 Å². The molecule has 2 aromatic rings. The number of nitrogens with one attached hydrogen (secondary N) is 1. The van der Waals surface area contributed by atoms with E-state index in [2.05, 4.69) is 4.72 Å². The van der Waals surface area contributed by atoms with Crippen molar-refractivity contribution in [3.63, 3.8) is 0 Å². The van der Waals surface area contributed by atoms with E-state index in [9.17, 15) is 8.42 Å². The summed E-state index contributed by atoms with van der Waals surface area (Å²) in [5.41, 5.74) is 0.942. The molecule has 0 spiro atoms. The van der Waals surface area contributed by atoms with Crippen LogP contribution in [0.1, 0.15) is 29.8 Å². The first kappa shape index (κ1) is 15.2. The van der Waals surface area contributed by atoms with Gasteiger partial charge in [0.1, 0.15) is 4.21 Å². The first-order valence-electron chi connectivity index (χ1n) is 6.33. The summed E-state index contributed by atoms with van der Waals surface area (Å²) < 4.78 is 27.6. The standard InChI is InChI=1S/C14H17NO3S2/c1-2-13(11-6-4-3-5-7-11)15-20(17,18)14-9-8-12(10-16)19-14/h3-9,13,15-16H,2,10H2,1H3. The van der Waals surface area contributed by atoms with Crippen LogP contribution in [-0.4, -0.2) is 13.5 Å². The van der Waals surface area contributed by atoms with Gasteiger partial charge in [0.2, 0.25) is 0 Å². The minimum absolute atomic E-state index is 0.143. The zero-order valence-corrected chi connectivity index (χ0v) is 12.7. The van der Waals surface area contributed by atoms with Gasteiger partial charge in [-0.15, -0.1) is 11.3 Å². The van der Waals surface area contributed by atoms with Crippen molar-refractivity contribution < 1.29 is 13.5 Å². The van der Waals surface area contributed by atoms with E-state index in [1.165, 1.54) is 6.07 Å². The Labute approximate surface area is 123 Å². The van der Waals surface area contributed by atoms with E-state index >= 15 is 0 Å². The van der Waals surface area contributed by atoms with E-state index in [-0.39, 0.29) is 16.9 Å². The molecule has 0 aliphatic rings. The number of sulfonamides is 1. The normalized spacial score (nSPS) is 13.3. The largest absolute Gasteiger partial charge is 0.391 e. The lowest BCUT2D eigenvalue weighted by molar-refractivity contribution is 0.285. The molecule has 1 unspecified atom stereocenters. The Morgan fingerprint density at radius 1 is 1.20 bits per heavy atom. The molecule has 1 atom stereocenters. The van der Waals surface area contributed by atoms with Crippen molar-refractivity contribution in [2.75, 3.05) is 0 Å². The highest BCUT2D eigenvalue weighted by Crippen LogP contribution is 2.25. The Kier molecular flexibility index (Phi) is 4.93. The van der Waals surface area contributed by atoms with E-state index in [0.29, 0.717) is 11.3 Å². The predicted molar refractivity (Wildman–Crippen MR) is 80.0 cm³/mol. The van der Waals surface area contributed by atoms with Crippen LogP contribution in [0.4, 0.5) is 0 Å². The molecular formula is C14H17NO3S2. The Morgan fingerprint density at radius 3 is 2.45 bits per heavy atom. The van der Waals surface area contributed by atoms with Crippen molar-refractivity contribution in [3.05, 3.63) is 52.9 Å². The van der Waals surface area contributed by atoms with Crippen molar-refractivity contribution in [1.82, 2.24) is 4.72 Å². The maximum atomic E-state index is 12.3. The van der Waals surface area contributed by atoms with Gasteiger partial charge in [0.15, 0.2) is 0 Å². The predicted octanol–water partition coefficient (Wildman–Crippen LogP) is 2.67. The summed E-state index contributed by atoms with van der Waals surface area (Å²) in [7, 11) is -3.55. The molecule has 20 heavy (non-hydrogen) atoms. The van der Waals surface area contributed by atoms with Gasteiger partial charge < -0.3 is 5.11 Å². The lowest BCUT2D eigenvalue weighted by Gasteiger charge is -2.16. The second kappa shape index (κ2) is 6.49. The monoisotopic (exact) mass is 311 g/mol. The van der Waals surface area contributed by atoms with E-state index in [4.69, 9.17) is 5.11 Å². The molecule has 6 heteroatoms. The van der Waals surface area contributed by atoms with Gasteiger partial charge in [-0.1, -0.05) is 37.3 Å². The molecule has 2 N–H and O–H groups in total. The van der Waals surface area contributed by atoms with E-state index in [1.807, 2.05) is 37.3 Å². The molecule has 4 nitrogen and oxygen atoms in total. The fraction of sp³-hybridized carbons (Fsp3) is 0.286. The van der Waals surface area contributed by atoms with Gasteiger partial charge in [0.25, 0.3) is 10.0 Å². The third-order valence-corrected chi connectivity index (χ3v) is 6.00. The fourth-order valence-electron chi connectivity index (χ4n) is 1.91. The third-order valence-electron chi connectivity index (χ3n) is 2.97. The van der Waals surface area contributed by atoms with E-state index < -0.39 is 10.0 Å². The number of hydrogen-bond donors (Lipinski definition) is 2. The second-order valence-electron chi connectivity index (χ2n) is 4.37. The molecule has 1 aromatic carbocycles. The Balaban J connectivity index is 2.22. The molecule has 2 rings (SSSR count). The molecule has 0 aliphatic carbocycles. The molecule has 1 aromatic heterocycles. The molecule has 0 saturated heterocycles. The fourth-order valence-corrected chi connectivity index (χ4v) is 4.45.